The first-order valence-corrected chi connectivity index (χ1v) is 8.53. The fraction of sp³-hybridized carbons (Fsp3) is 0.368. The van der Waals surface area contributed by atoms with E-state index < -0.39 is 6.10 Å². The highest BCUT2D eigenvalue weighted by molar-refractivity contribution is 5.97. The number of hydrogen-bond acceptors (Lipinski definition) is 4. The molecule has 0 bridgehead atoms. The van der Waals surface area contributed by atoms with Crippen LogP contribution in [0.25, 0.3) is 0 Å². The third-order valence-electron chi connectivity index (χ3n) is 4.68. The van der Waals surface area contributed by atoms with Gasteiger partial charge in [0.05, 0.1) is 12.3 Å². The zero-order valence-electron chi connectivity index (χ0n) is 13.6. The smallest absolute Gasteiger partial charge is 0.258 e. The number of rotatable bonds is 3. The maximum absolute atomic E-state index is 12.8. The van der Waals surface area contributed by atoms with Crippen LogP contribution in [0.2, 0.25) is 0 Å². The molecule has 2 aliphatic rings. The maximum Gasteiger partial charge on any atom is 0.258 e. The topological polar surface area (TPSA) is 54.5 Å². The number of amides is 1. The van der Waals surface area contributed by atoms with Crippen molar-refractivity contribution >= 4 is 17.4 Å². The zero-order valence-corrected chi connectivity index (χ0v) is 13.6. The standard InChI is InChI=1S/C19H21N3O2/c23-19(17-15-7-2-1-6-14(15)9-13-24-17)21-16-8-5-10-20-18(16)22-11-3-4-12-22/h1-2,5-8,10,17H,3-4,9,11-13H2,(H,21,23)/t17-/m1/s1. The fourth-order valence-electron chi connectivity index (χ4n) is 3.48. The second-order valence-electron chi connectivity index (χ2n) is 6.26. The van der Waals surface area contributed by atoms with Crippen LogP contribution in [-0.2, 0) is 16.0 Å². The third kappa shape index (κ3) is 2.87. The molecule has 1 N–H and O–H groups in total. The molecule has 2 aromatic rings. The van der Waals surface area contributed by atoms with Crippen LogP contribution in [0.5, 0.6) is 0 Å². The van der Waals surface area contributed by atoms with Gasteiger partial charge in [-0.15, -0.1) is 0 Å². The quantitative estimate of drug-likeness (QED) is 0.943. The van der Waals surface area contributed by atoms with Crippen LogP contribution in [0.4, 0.5) is 11.5 Å². The maximum atomic E-state index is 12.8. The highest BCUT2D eigenvalue weighted by atomic mass is 16.5. The highest BCUT2D eigenvalue weighted by Crippen LogP contribution is 2.30. The molecule has 1 fully saturated rings. The van der Waals surface area contributed by atoms with Gasteiger partial charge in [-0.3, -0.25) is 4.79 Å². The molecule has 1 amide bonds. The number of carbonyl (C=O) groups excluding carboxylic acids is 1. The van der Waals surface area contributed by atoms with Crippen LogP contribution in [0.3, 0.4) is 0 Å². The van der Waals surface area contributed by atoms with Crippen molar-refractivity contribution in [2.75, 3.05) is 29.9 Å². The van der Waals surface area contributed by atoms with E-state index in [0.717, 1.165) is 36.6 Å². The van der Waals surface area contributed by atoms with Crippen molar-refractivity contribution in [2.24, 2.45) is 0 Å². The van der Waals surface area contributed by atoms with Crippen molar-refractivity contribution in [3.05, 3.63) is 53.7 Å². The summed E-state index contributed by atoms with van der Waals surface area (Å²) in [7, 11) is 0. The molecule has 0 spiro atoms. The van der Waals surface area contributed by atoms with Crippen molar-refractivity contribution in [1.29, 1.82) is 0 Å². The SMILES string of the molecule is O=C(Nc1cccnc1N1CCCC1)[C@@H]1OCCc2ccccc21. The van der Waals surface area contributed by atoms with E-state index in [0.29, 0.717) is 6.61 Å². The van der Waals surface area contributed by atoms with Gasteiger partial charge >= 0.3 is 0 Å². The zero-order chi connectivity index (χ0) is 16.4. The Morgan fingerprint density at radius 3 is 2.88 bits per heavy atom. The Morgan fingerprint density at radius 2 is 2.00 bits per heavy atom. The van der Waals surface area contributed by atoms with Gasteiger partial charge in [0.15, 0.2) is 11.9 Å². The molecule has 5 heteroatoms. The van der Waals surface area contributed by atoms with Crippen molar-refractivity contribution in [1.82, 2.24) is 4.98 Å². The number of nitrogens with zero attached hydrogens (tertiary/aromatic N) is 2. The molecule has 0 radical (unpaired) electrons. The molecule has 5 nitrogen and oxygen atoms in total. The monoisotopic (exact) mass is 323 g/mol. The number of fused-ring (bicyclic) bond motifs is 1. The second kappa shape index (κ2) is 6.61. The Hall–Kier alpha value is -2.40. The molecule has 124 valence electrons. The van der Waals surface area contributed by atoms with Gasteiger partial charge in [0, 0.05) is 19.3 Å². The summed E-state index contributed by atoms with van der Waals surface area (Å²) in [4.78, 5) is 19.5. The number of carbonyl (C=O) groups is 1. The molecule has 3 heterocycles. The van der Waals surface area contributed by atoms with Gasteiger partial charge in [0.25, 0.3) is 5.91 Å². The molecule has 1 atom stereocenters. The first-order chi connectivity index (χ1) is 11.8. The van der Waals surface area contributed by atoms with E-state index in [1.54, 1.807) is 6.20 Å². The predicted molar refractivity (Wildman–Crippen MR) is 93.2 cm³/mol. The third-order valence-corrected chi connectivity index (χ3v) is 4.68. The van der Waals surface area contributed by atoms with E-state index in [9.17, 15) is 4.79 Å². The largest absolute Gasteiger partial charge is 0.363 e. The molecule has 1 aromatic heterocycles. The van der Waals surface area contributed by atoms with Gasteiger partial charge < -0.3 is 15.0 Å². The van der Waals surface area contributed by atoms with E-state index in [2.05, 4.69) is 21.3 Å². The first kappa shape index (κ1) is 15.1. The minimum absolute atomic E-state index is 0.129. The van der Waals surface area contributed by atoms with E-state index in [1.807, 2.05) is 30.3 Å². The van der Waals surface area contributed by atoms with Crippen LogP contribution in [0.1, 0.15) is 30.1 Å². The number of ether oxygens (including phenoxy) is 1. The van der Waals surface area contributed by atoms with Crippen LogP contribution in [0, 0.1) is 0 Å². The number of anilines is 2. The summed E-state index contributed by atoms with van der Waals surface area (Å²) >= 11 is 0. The fourth-order valence-corrected chi connectivity index (χ4v) is 3.48. The summed E-state index contributed by atoms with van der Waals surface area (Å²) in [5.41, 5.74) is 2.92. The van der Waals surface area contributed by atoms with Gasteiger partial charge in [-0.05, 0) is 42.5 Å². The Morgan fingerprint density at radius 1 is 1.17 bits per heavy atom. The van der Waals surface area contributed by atoms with Crippen LogP contribution < -0.4 is 10.2 Å². The minimum atomic E-state index is -0.554. The van der Waals surface area contributed by atoms with Crippen LogP contribution in [0.15, 0.2) is 42.6 Å². The lowest BCUT2D eigenvalue weighted by molar-refractivity contribution is -0.128. The number of hydrogen-bond donors (Lipinski definition) is 1. The molecular weight excluding hydrogens is 302 g/mol. The average Bonchev–Trinajstić information content (AvgIpc) is 3.16. The summed E-state index contributed by atoms with van der Waals surface area (Å²) < 4.78 is 5.76. The molecule has 0 aliphatic carbocycles. The highest BCUT2D eigenvalue weighted by Gasteiger charge is 2.28. The summed E-state index contributed by atoms with van der Waals surface area (Å²) in [5.74, 6) is 0.725. The van der Waals surface area contributed by atoms with Crippen molar-refractivity contribution in [3.63, 3.8) is 0 Å². The Kier molecular flexibility index (Phi) is 4.17. The average molecular weight is 323 g/mol. The Bertz CT molecular complexity index is 741. The summed E-state index contributed by atoms with van der Waals surface area (Å²) in [5, 5.41) is 3.03. The Balaban J connectivity index is 1.57. The van der Waals surface area contributed by atoms with Crippen molar-refractivity contribution in [3.8, 4) is 0 Å². The van der Waals surface area contributed by atoms with Gasteiger partial charge in [0.1, 0.15) is 0 Å². The summed E-state index contributed by atoms with van der Waals surface area (Å²) in [6.45, 7) is 2.55. The van der Waals surface area contributed by atoms with E-state index in [4.69, 9.17) is 4.74 Å². The predicted octanol–water partition coefficient (Wildman–Crippen LogP) is 2.93. The van der Waals surface area contributed by atoms with Crippen LogP contribution in [-0.4, -0.2) is 30.6 Å². The Labute approximate surface area is 141 Å². The molecule has 0 unspecified atom stereocenters. The molecule has 1 aromatic carbocycles. The lowest BCUT2D eigenvalue weighted by Gasteiger charge is -2.26. The molecule has 2 aliphatic heterocycles. The summed E-state index contributed by atoms with van der Waals surface area (Å²) in [6, 6.07) is 11.8. The van der Waals surface area contributed by atoms with Gasteiger partial charge in [-0.1, -0.05) is 24.3 Å². The molecule has 24 heavy (non-hydrogen) atoms. The van der Waals surface area contributed by atoms with E-state index in [-0.39, 0.29) is 5.91 Å². The number of pyridine rings is 1. The molecule has 1 saturated heterocycles. The van der Waals surface area contributed by atoms with Crippen molar-refractivity contribution < 1.29 is 9.53 Å². The number of benzene rings is 1. The van der Waals surface area contributed by atoms with Gasteiger partial charge in [0.2, 0.25) is 0 Å². The number of aromatic nitrogens is 1. The summed E-state index contributed by atoms with van der Waals surface area (Å²) in [6.07, 6.45) is 4.41. The van der Waals surface area contributed by atoms with Gasteiger partial charge in [-0.25, -0.2) is 4.98 Å². The molecule has 4 rings (SSSR count). The minimum Gasteiger partial charge on any atom is -0.363 e. The lowest BCUT2D eigenvalue weighted by Crippen LogP contribution is -2.29. The van der Waals surface area contributed by atoms with E-state index >= 15 is 0 Å². The molecule has 0 saturated carbocycles. The van der Waals surface area contributed by atoms with E-state index in [1.165, 1.54) is 18.4 Å². The van der Waals surface area contributed by atoms with Crippen molar-refractivity contribution in [2.45, 2.75) is 25.4 Å². The molecular formula is C19H21N3O2. The van der Waals surface area contributed by atoms with Crippen LogP contribution >= 0.6 is 0 Å². The van der Waals surface area contributed by atoms with Gasteiger partial charge in [-0.2, -0.15) is 0 Å². The second-order valence-corrected chi connectivity index (χ2v) is 6.26. The lowest BCUT2D eigenvalue weighted by atomic mass is 9.97. The normalized spacial score (nSPS) is 19.8. The number of nitrogens with one attached hydrogen (secondary N) is 1. The first-order valence-electron chi connectivity index (χ1n) is 8.53.